The maximum Gasteiger partial charge on any atom is 0.245 e. The van der Waals surface area contributed by atoms with Crippen LogP contribution in [0.2, 0.25) is 0 Å². The van der Waals surface area contributed by atoms with Gasteiger partial charge in [0, 0.05) is 11.8 Å². The molecular weight excluding hydrogens is 338 g/mol. The fraction of sp³-hybridized carbons (Fsp3) is 0.176. The minimum absolute atomic E-state index is 0.0362. The molecule has 0 aliphatic carbocycles. The number of ether oxygens (including phenoxy) is 1. The number of nitrogens with one attached hydrogen (secondary N) is 2. The molecule has 0 fully saturated rings. The Kier molecular flexibility index (Phi) is 5.20. The summed E-state index contributed by atoms with van der Waals surface area (Å²) in [7, 11) is 0. The number of nitrogens with zero attached hydrogens (tertiary/aromatic N) is 3. The molecule has 128 valence electrons. The van der Waals surface area contributed by atoms with Gasteiger partial charge in [0.15, 0.2) is 10.6 Å². The first kappa shape index (κ1) is 16.8. The third-order valence-corrected chi connectivity index (χ3v) is 3.73. The van der Waals surface area contributed by atoms with Crippen LogP contribution in [0.25, 0.3) is 11.4 Å². The summed E-state index contributed by atoms with van der Waals surface area (Å²) < 4.78 is 7.45. The summed E-state index contributed by atoms with van der Waals surface area (Å²) >= 11 is 5.25. The van der Waals surface area contributed by atoms with Crippen LogP contribution in [0.15, 0.2) is 48.7 Å². The van der Waals surface area contributed by atoms with Crippen molar-refractivity contribution in [2.45, 2.75) is 13.5 Å². The van der Waals surface area contributed by atoms with Gasteiger partial charge in [-0.1, -0.05) is 6.07 Å². The van der Waals surface area contributed by atoms with Gasteiger partial charge in [-0.25, -0.2) is 4.98 Å². The van der Waals surface area contributed by atoms with Crippen molar-refractivity contribution in [3.63, 3.8) is 0 Å². The lowest BCUT2D eigenvalue weighted by atomic mass is 10.2. The van der Waals surface area contributed by atoms with Gasteiger partial charge in [0.25, 0.3) is 0 Å². The summed E-state index contributed by atoms with van der Waals surface area (Å²) in [5.74, 6) is 1.62. The van der Waals surface area contributed by atoms with Crippen molar-refractivity contribution in [2.75, 3.05) is 11.9 Å². The predicted molar refractivity (Wildman–Crippen MR) is 96.9 cm³/mol. The molecule has 0 atom stereocenters. The number of aromatic nitrogens is 4. The Labute approximate surface area is 149 Å². The SMILES string of the molecule is CCOc1ccc(-c2n[nH]c(=S)n2CC(=O)Nc2ccccn2)cc1. The second-order valence-electron chi connectivity index (χ2n) is 5.16. The molecule has 8 heteroatoms. The summed E-state index contributed by atoms with van der Waals surface area (Å²) in [6.07, 6.45) is 1.62. The first-order valence-corrected chi connectivity index (χ1v) is 8.17. The summed E-state index contributed by atoms with van der Waals surface area (Å²) in [5, 5.41) is 9.70. The summed E-state index contributed by atoms with van der Waals surface area (Å²) in [6.45, 7) is 2.57. The number of carbonyl (C=O) groups is 1. The number of anilines is 1. The van der Waals surface area contributed by atoms with Gasteiger partial charge in [-0.15, -0.1) is 0 Å². The molecule has 7 nitrogen and oxygen atoms in total. The summed E-state index contributed by atoms with van der Waals surface area (Å²) in [5.41, 5.74) is 0.835. The molecule has 0 saturated heterocycles. The van der Waals surface area contributed by atoms with Gasteiger partial charge in [-0.3, -0.25) is 14.5 Å². The van der Waals surface area contributed by atoms with E-state index in [0.29, 0.717) is 23.0 Å². The number of benzene rings is 1. The van der Waals surface area contributed by atoms with E-state index < -0.39 is 0 Å². The van der Waals surface area contributed by atoms with Crippen LogP contribution in [0.1, 0.15) is 6.92 Å². The maximum absolute atomic E-state index is 12.3. The fourth-order valence-electron chi connectivity index (χ4n) is 2.31. The second-order valence-corrected chi connectivity index (χ2v) is 5.55. The lowest BCUT2D eigenvalue weighted by Gasteiger charge is -2.08. The number of H-pyrrole nitrogens is 1. The Morgan fingerprint density at radius 1 is 1.28 bits per heavy atom. The Bertz CT molecular complexity index is 903. The third kappa shape index (κ3) is 4.10. The molecule has 2 aromatic heterocycles. The van der Waals surface area contributed by atoms with Gasteiger partial charge in [-0.2, -0.15) is 5.10 Å². The number of rotatable bonds is 6. The van der Waals surface area contributed by atoms with E-state index in [1.807, 2.05) is 31.2 Å². The number of carbonyl (C=O) groups excluding carboxylic acids is 1. The van der Waals surface area contributed by atoms with E-state index in [-0.39, 0.29) is 12.5 Å². The number of pyridine rings is 1. The standard InChI is InChI=1S/C17H17N5O2S/c1-2-24-13-8-6-12(7-9-13)16-20-21-17(25)22(16)11-15(23)19-14-5-3-4-10-18-14/h3-10H,2,11H2,1H3,(H,21,25)(H,18,19,23). The minimum atomic E-state index is -0.233. The molecular formula is C17H17N5O2S. The zero-order chi connectivity index (χ0) is 17.6. The second kappa shape index (κ2) is 7.71. The zero-order valence-electron chi connectivity index (χ0n) is 13.6. The van der Waals surface area contributed by atoms with Crippen LogP contribution in [0.3, 0.4) is 0 Å². The zero-order valence-corrected chi connectivity index (χ0v) is 14.4. The molecule has 0 spiro atoms. The van der Waals surface area contributed by atoms with Crippen LogP contribution in [0, 0.1) is 4.77 Å². The molecule has 2 heterocycles. The van der Waals surface area contributed by atoms with E-state index >= 15 is 0 Å². The van der Waals surface area contributed by atoms with Gasteiger partial charge in [0.05, 0.1) is 6.61 Å². The van der Waals surface area contributed by atoms with E-state index in [0.717, 1.165) is 11.3 Å². The van der Waals surface area contributed by atoms with E-state index in [1.165, 1.54) is 0 Å². The van der Waals surface area contributed by atoms with E-state index in [9.17, 15) is 4.79 Å². The number of amides is 1. The molecule has 0 aliphatic heterocycles. The Hall–Kier alpha value is -3.00. The molecule has 3 rings (SSSR count). The van der Waals surface area contributed by atoms with Crippen molar-refractivity contribution in [1.29, 1.82) is 0 Å². The average molecular weight is 355 g/mol. The summed E-state index contributed by atoms with van der Waals surface area (Å²) in [6, 6.07) is 12.8. The highest BCUT2D eigenvalue weighted by Gasteiger charge is 2.13. The number of hydrogen-bond acceptors (Lipinski definition) is 5. The van der Waals surface area contributed by atoms with Crippen LogP contribution >= 0.6 is 12.2 Å². The molecule has 25 heavy (non-hydrogen) atoms. The van der Waals surface area contributed by atoms with E-state index in [1.54, 1.807) is 29.0 Å². The molecule has 1 amide bonds. The number of aromatic amines is 1. The van der Waals surface area contributed by atoms with Crippen molar-refractivity contribution in [3.8, 4) is 17.1 Å². The average Bonchev–Trinajstić information content (AvgIpc) is 2.97. The lowest BCUT2D eigenvalue weighted by Crippen LogP contribution is -2.20. The van der Waals surface area contributed by atoms with Crippen molar-refractivity contribution >= 4 is 23.9 Å². The van der Waals surface area contributed by atoms with Gasteiger partial charge in [0.2, 0.25) is 5.91 Å². The van der Waals surface area contributed by atoms with Crippen molar-refractivity contribution in [2.24, 2.45) is 0 Å². The van der Waals surface area contributed by atoms with Crippen molar-refractivity contribution in [3.05, 3.63) is 53.4 Å². The topological polar surface area (TPSA) is 84.8 Å². The minimum Gasteiger partial charge on any atom is -0.494 e. The van der Waals surface area contributed by atoms with Crippen LogP contribution in [-0.4, -0.2) is 32.3 Å². The summed E-state index contributed by atoms with van der Waals surface area (Å²) in [4.78, 5) is 16.3. The Morgan fingerprint density at radius 2 is 2.08 bits per heavy atom. The van der Waals surface area contributed by atoms with E-state index in [4.69, 9.17) is 17.0 Å². The highest BCUT2D eigenvalue weighted by Crippen LogP contribution is 2.21. The number of hydrogen-bond donors (Lipinski definition) is 2. The first-order valence-electron chi connectivity index (χ1n) is 7.76. The fourth-order valence-corrected chi connectivity index (χ4v) is 2.51. The Balaban J connectivity index is 1.79. The molecule has 0 saturated carbocycles. The smallest absolute Gasteiger partial charge is 0.245 e. The van der Waals surface area contributed by atoms with Crippen LogP contribution in [-0.2, 0) is 11.3 Å². The van der Waals surface area contributed by atoms with Crippen LogP contribution in [0.5, 0.6) is 5.75 Å². The van der Waals surface area contributed by atoms with E-state index in [2.05, 4.69) is 20.5 Å². The molecule has 0 aliphatic rings. The normalized spacial score (nSPS) is 10.4. The monoisotopic (exact) mass is 355 g/mol. The Morgan fingerprint density at radius 3 is 2.76 bits per heavy atom. The quantitative estimate of drug-likeness (QED) is 0.664. The first-order chi connectivity index (χ1) is 12.2. The largest absolute Gasteiger partial charge is 0.494 e. The third-order valence-electron chi connectivity index (χ3n) is 3.42. The molecule has 1 aromatic carbocycles. The van der Waals surface area contributed by atoms with Gasteiger partial charge < -0.3 is 10.1 Å². The van der Waals surface area contributed by atoms with Crippen molar-refractivity contribution in [1.82, 2.24) is 19.7 Å². The molecule has 0 bridgehead atoms. The highest BCUT2D eigenvalue weighted by molar-refractivity contribution is 7.71. The van der Waals surface area contributed by atoms with Gasteiger partial charge in [0.1, 0.15) is 18.1 Å². The van der Waals surface area contributed by atoms with Crippen LogP contribution in [0.4, 0.5) is 5.82 Å². The molecule has 0 radical (unpaired) electrons. The molecule has 0 unspecified atom stereocenters. The maximum atomic E-state index is 12.3. The van der Waals surface area contributed by atoms with Crippen LogP contribution < -0.4 is 10.1 Å². The predicted octanol–water partition coefficient (Wildman–Crippen LogP) is 3.04. The highest BCUT2D eigenvalue weighted by atomic mass is 32.1. The van der Waals surface area contributed by atoms with Crippen molar-refractivity contribution < 1.29 is 9.53 Å². The lowest BCUT2D eigenvalue weighted by molar-refractivity contribution is -0.116. The molecule has 2 N–H and O–H groups in total. The molecule has 3 aromatic rings. The van der Waals surface area contributed by atoms with Gasteiger partial charge in [-0.05, 0) is 55.5 Å². The van der Waals surface area contributed by atoms with Gasteiger partial charge >= 0.3 is 0 Å².